The van der Waals surface area contributed by atoms with E-state index in [9.17, 15) is 19.2 Å². The van der Waals surface area contributed by atoms with E-state index >= 15 is 0 Å². The first-order valence-electron chi connectivity index (χ1n) is 4.36. The number of rotatable bonds is 7. The van der Waals surface area contributed by atoms with Crippen LogP contribution in [-0.2, 0) is 19.2 Å². The van der Waals surface area contributed by atoms with E-state index in [4.69, 9.17) is 5.11 Å². The molecule has 0 spiro atoms. The summed E-state index contributed by atoms with van der Waals surface area (Å²) in [6, 6.07) is -0.875. The number of carboxylic acid groups (broad SMARTS) is 1. The Morgan fingerprint density at radius 3 is 2.35 bits per heavy atom. The number of carbonyl (C=O) groups excluding carboxylic acids is 3. The van der Waals surface area contributed by atoms with E-state index in [0.29, 0.717) is 0 Å². The topological polar surface area (TPSA) is 125 Å². The Bertz CT molecular complexity index is 297. The number of amides is 3. The van der Waals surface area contributed by atoms with Crippen molar-refractivity contribution >= 4 is 24.2 Å². The van der Waals surface area contributed by atoms with Crippen LogP contribution in [-0.4, -0.2) is 48.4 Å². The van der Waals surface area contributed by atoms with Crippen LogP contribution in [0.5, 0.6) is 0 Å². The molecule has 0 aliphatic heterocycles. The van der Waals surface area contributed by atoms with Crippen LogP contribution in [0, 0.1) is 0 Å². The van der Waals surface area contributed by atoms with Crippen LogP contribution < -0.4 is 16.0 Å². The molecule has 0 aliphatic carbocycles. The first-order valence-corrected chi connectivity index (χ1v) is 4.36. The van der Waals surface area contributed by atoms with Crippen molar-refractivity contribution in [3.8, 4) is 0 Å². The molecule has 0 aromatic rings. The van der Waals surface area contributed by atoms with Gasteiger partial charge in [0.1, 0.15) is 12.6 Å². The van der Waals surface area contributed by atoms with Gasteiger partial charge in [-0.3, -0.25) is 14.4 Å². The van der Waals surface area contributed by atoms with Gasteiger partial charge in [0, 0.05) is 0 Å². The predicted molar refractivity (Wildman–Crippen MR) is 51.9 cm³/mol. The molecule has 0 radical (unpaired) electrons. The van der Waals surface area contributed by atoms with Gasteiger partial charge in [-0.1, -0.05) is 0 Å². The van der Waals surface area contributed by atoms with E-state index in [1.807, 2.05) is 5.32 Å². The number of nitrogens with one attached hydrogen (secondary N) is 3. The van der Waals surface area contributed by atoms with Gasteiger partial charge in [0.2, 0.25) is 11.8 Å². The summed E-state index contributed by atoms with van der Waals surface area (Å²) in [7, 11) is 0. The van der Waals surface area contributed by atoms with Crippen molar-refractivity contribution in [3.63, 3.8) is 0 Å². The summed E-state index contributed by atoms with van der Waals surface area (Å²) in [5, 5.41) is 14.6. The zero-order valence-electron chi connectivity index (χ0n) is 8.86. The molecule has 1 unspecified atom stereocenters. The smallest absolute Gasteiger partial charge is 0.322 e. The minimum Gasteiger partial charge on any atom is -0.522 e. The number of aliphatic carboxylic acids is 1. The Morgan fingerprint density at radius 2 is 1.88 bits per heavy atom. The molecule has 0 heterocycles. The molecule has 0 saturated heterocycles. The summed E-state index contributed by atoms with van der Waals surface area (Å²) < 4.78 is 0. The molecule has 17 heavy (non-hydrogen) atoms. The Balaban J connectivity index is 0. The third-order valence-electron chi connectivity index (χ3n) is 1.51. The standard InChI is InChI=1S/C8H12N3O5.Fm/c1-5(8(16)10-3-7(14)15)11-6(13)2-9-4-12;/h5H,2-3H2,1H3,(H,9,12)(H,10,16)(H,11,13)(H,14,15);/q-1;. The zero-order valence-corrected chi connectivity index (χ0v) is 11.3. The fourth-order valence-electron chi connectivity index (χ4n) is 0.790. The summed E-state index contributed by atoms with van der Waals surface area (Å²) in [6.07, 6.45) is 1.30. The van der Waals surface area contributed by atoms with Gasteiger partial charge >= 0.3 is 5.97 Å². The molecule has 1 atom stereocenters. The molecule has 0 bridgehead atoms. The molecule has 0 saturated carbocycles. The number of carboxylic acids is 1. The van der Waals surface area contributed by atoms with Gasteiger partial charge in [0.15, 0.2) is 0 Å². The Hall–Kier alpha value is -3.12. The molecule has 4 N–H and O–H groups in total. The molecule has 8 nitrogen and oxygen atoms in total. The van der Waals surface area contributed by atoms with Crippen molar-refractivity contribution in [3.05, 3.63) is 0 Å². The predicted octanol–water partition coefficient (Wildman–Crippen LogP) is -2.65. The van der Waals surface area contributed by atoms with E-state index in [0.717, 1.165) is 0 Å². The maximum Gasteiger partial charge on any atom is 0.322 e. The molecule has 0 fully saturated rings. The summed E-state index contributed by atoms with van der Waals surface area (Å²) in [4.78, 5) is 42.1. The van der Waals surface area contributed by atoms with Crippen molar-refractivity contribution in [2.75, 3.05) is 13.1 Å². The Kier molecular flexibility index (Phi) is 7.88. The number of hydrogen-bond donors (Lipinski definition) is 4. The second-order valence-electron chi connectivity index (χ2n) is 2.86. The van der Waals surface area contributed by atoms with Crippen LogP contribution in [0.25, 0.3) is 0 Å². The van der Waals surface area contributed by atoms with E-state index in [2.05, 4.69) is 10.6 Å². The quantitative estimate of drug-likeness (QED) is 0.231. The number of carbonyl (C=O) groups is 3. The van der Waals surface area contributed by atoms with Crippen LogP contribution in [0.2, 0.25) is 0 Å². The molecular formula is C8H12FmN3O5-. The minimum atomic E-state index is -1.18. The maximum atomic E-state index is 11.2. The van der Waals surface area contributed by atoms with Gasteiger partial charge in [0.25, 0.3) is 0 Å². The molecule has 0 aromatic heterocycles. The second-order valence-corrected chi connectivity index (χ2v) is 2.86. The van der Waals surface area contributed by atoms with E-state index in [1.165, 1.54) is 13.3 Å². The summed E-state index contributed by atoms with van der Waals surface area (Å²) in [5.74, 6) is -2.36. The minimum absolute atomic E-state index is 0. The monoisotopic (exact) mass is 487 g/mol. The van der Waals surface area contributed by atoms with Crippen molar-refractivity contribution < 1.29 is 24.3 Å². The van der Waals surface area contributed by atoms with Gasteiger partial charge in [0.05, 0.1) is 6.54 Å². The third-order valence-corrected chi connectivity index (χ3v) is 1.51. The fraction of sp³-hybridized carbons (Fsp3) is 0.500. The molecule has 0 aromatic carbocycles. The van der Waals surface area contributed by atoms with Crippen molar-refractivity contribution in [1.29, 1.82) is 0 Å². The van der Waals surface area contributed by atoms with Crippen LogP contribution in [0.15, 0.2) is 0 Å². The summed E-state index contributed by atoms with van der Waals surface area (Å²) >= 11 is 0. The molecular weight excluding hydrogens is 475 g/mol. The van der Waals surface area contributed by atoms with Gasteiger partial charge < -0.3 is 25.9 Å². The van der Waals surface area contributed by atoms with E-state index in [1.54, 1.807) is 0 Å². The molecule has 3 amide bonds. The molecule has 0 aliphatic rings. The third kappa shape index (κ3) is 7.91. The van der Waals surface area contributed by atoms with Crippen molar-refractivity contribution in [2.24, 2.45) is 0 Å². The van der Waals surface area contributed by atoms with Gasteiger partial charge in [-0.05, 0) is 6.92 Å². The molecule has 9 heteroatoms. The fourth-order valence-corrected chi connectivity index (χ4v) is 0.790. The second kappa shape index (κ2) is 8.21. The normalized spacial score (nSPS) is 10.4. The molecule has 0 rings (SSSR count). The summed E-state index contributed by atoms with van der Waals surface area (Å²) in [5.41, 5.74) is 0. The van der Waals surface area contributed by atoms with E-state index < -0.39 is 30.4 Å². The molecule has 102 valence electrons. The van der Waals surface area contributed by atoms with Crippen molar-refractivity contribution in [2.45, 2.75) is 13.0 Å². The summed E-state index contributed by atoms with van der Waals surface area (Å²) in [6.45, 7) is 0.583. The Morgan fingerprint density at radius 1 is 1.29 bits per heavy atom. The average Bonchev–Trinajstić information content (AvgIpc) is 2.22. The van der Waals surface area contributed by atoms with Gasteiger partial charge in [-0.2, -0.15) is 6.41 Å². The maximum absolute atomic E-state index is 11.2. The van der Waals surface area contributed by atoms with E-state index in [-0.39, 0.29) is 6.54 Å². The van der Waals surface area contributed by atoms with Crippen molar-refractivity contribution in [1.82, 2.24) is 16.0 Å². The van der Waals surface area contributed by atoms with Crippen LogP contribution in [0.3, 0.4) is 0 Å². The SMILES string of the molecule is CC(NC(=O)CN[C-]=O)C(=O)NCC(=O)O.[Fm]. The zero-order chi connectivity index (χ0) is 12.6. The first-order chi connectivity index (χ1) is 7.47. The van der Waals surface area contributed by atoms with Crippen LogP contribution in [0.4, 0.5) is 0 Å². The van der Waals surface area contributed by atoms with Gasteiger partial charge in [-0.25, -0.2) is 0 Å². The largest absolute Gasteiger partial charge is 0.522 e. The first kappa shape index (κ1) is 16.3. The average molecular weight is 487 g/mol. The van der Waals surface area contributed by atoms with Crippen LogP contribution in [0.1, 0.15) is 6.92 Å². The van der Waals surface area contributed by atoms with Crippen LogP contribution >= 0.6 is 0 Å². The number of hydrogen-bond acceptors (Lipinski definition) is 4. The van der Waals surface area contributed by atoms with Gasteiger partial charge in [-0.15, -0.1) is 0 Å². The Labute approximate surface area is 91.4 Å².